The van der Waals surface area contributed by atoms with E-state index in [0.29, 0.717) is 54.2 Å². The number of hydrogen-bond donors (Lipinski definition) is 4. The molecule has 56 heavy (non-hydrogen) atoms. The molecule has 0 spiro atoms. The Morgan fingerprint density at radius 2 is 1.88 bits per heavy atom. The van der Waals surface area contributed by atoms with Crippen molar-refractivity contribution in [1.29, 1.82) is 0 Å². The van der Waals surface area contributed by atoms with Crippen molar-refractivity contribution in [1.82, 2.24) is 29.8 Å². The molecule has 0 radical (unpaired) electrons. The maximum Gasteiger partial charge on any atom is 0.407 e. The molecule has 18 heteroatoms. The van der Waals surface area contributed by atoms with Crippen molar-refractivity contribution in [2.75, 3.05) is 29.5 Å². The lowest BCUT2D eigenvalue weighted by atomic mass is 9.81. The van der Waals surface area contributed by atoms with Crippen LogP contribution in [0.15, 0.2) is 16.9 Å². The Hall–Kier alpha value is -4.19. The van der Waals surface area contributed by atoms with Crippen molar-refractivity contribution in [3.8, 4) is 11.4 Å². The minimum absolute atomic E-state index is 0.00896. The van der Waals surface area contributed by atoms with E-state index in [-0.39, 0.29) is 70.0 Å². The number of halogens is 2. The summed E-state index contributed by atoms with van der Waals surface area (Å²) in [6, 6.07) is 2.69. The molecule has 4 N–H and O–H groups in total. The summed E-state index contributed by atoms with van der Waals surface area (Å²) in [6.45, 7) is 13.8. The number of fused-ring (bicyclic) bond motifs is 5. The average molecular weight is 827 g/mol. The molecule has 1 amide bonds. The van der Waals surface area contributed by atoms with Crippen LogP contribution in [0.1, 0.15) is 93.8 Å². The number of aryl methyl sites for hydroxylation is 1. The molecule has 2 atom stereocenters. The number of cyclic esters (lactones) is 1. The van der Waals surface area contributed by atoms with Gasteiger partial charge in [-0.3, -0.25) is 4.79 Å². The fourth-order valence-electron chi connectivity index (χ4n) is 7.38. The van der Waals surface area contributed by atoms with Crippen LogP contribution in [0.25, 0.3) is 22.3 Å². The fraction of sp³-hybridized carbons (Fsp3) is 0.500. The van der Waals surface area contributed by atoms with Crippen molar-refractivity contribution >= 4 is 68.1 Å². The van der Waals surface area contributed by atoms with Crippen LogP contribution in [0, 0.1) is 12.7 Å². The Kier molecular flexibility index (Phi) is 10.7. The third-order valence-corrected chi connectivity index (χ3v) is 13.6. The number of rotatable bonds is 11. The van der Waals surface area contributed by atoms with Gasteiger partial charge in [0.1, 0.15) is 18.0 Å². The summed E-state index contributed by atoms with van der Waals surface area (Å²) in [6.07, 6.45) is 0.673. The number of benzene rings is 1. The van der Waals surface area contributed by atoms with Crippen LogP contribution in [0.3, 0.4) is 0 Å². The lowest BCUT2D eigenvalue weighted by Gasteiger charge is -2.31. The number of alkyl carbamates (subject to hydrolysis) is 1. The minimum Gasteiger partial charge on any atom is -0.458 e. The molecule has 4 aromatic rings. The Morgan fingerprint density at radius 3 is 2.61 bits per heavy atom. The highest BCUT2D eigenvalue weighted by molar-refractivity contribution is 8.77. The van der Waals surface area contributed by atoms with E-state index in [4.69, 9.17) is 26.1 Å². The number of aromatic nitrogens is 5. The number of esters is 1. The highest BCUT2D eigenvalue weighted by atomic mass is 35.5. The van der Waals surface area contributed by atoms with Crippen LogP contribution in [-0.4, -0.2) is 70.9 Å². The molecule has 1 aromatic carbocycles. The van der Waals surface area contributed by atoms with Gasteiger partial charge in [-0.25, -0.2) is 19.0 Å². The van der Waals surface area contributed by atoms with Crippen LogP contribution in [0.2, 0.25) is 5.28 Å². The Balaban J connectivity index is 1.13. The predicted octanol–water partition coefficient (Wildman–Crippen LogP) is 6.56. The second-order valence-electron chi connectivity index (χ2n) is 15.7. The fourth-order valence-corrected chi connectivity index (χ4v) is 9.90. The molecule has 14 nitrogen and oxygen atoms in total. The van der Waals surface area contributed by atoms with Gasteiger partial charge in [0.05, 0.1) is 35.1 Å². The Labute approximate surface area is 335 Å². The third-order valence-electron chi connectivity index (χ3n) is 10.1. The average Bonchev–Trinajstić information content (AvgIpc) is 3.49. The highest BCUT2D eigenvalue weighted by Crippen LogP contribution is 2.46. The van der Waals surface area contributed by atoms with Gasteiger partial charge in [0.15, 0.2) is 5.60 Å². The summed E-state index contributed by atoms with van der Waals surface area (Å²) >= 11 is 6.41. The van der Waals surface area contributed by atoms with Gasteiger partial charge in [0, 0.05) is 46.2 Å². The summed E-state index contributed by atoms with van der Waals surface area (Å²) in [7, 11) is 3.28. The first-order valence-electron chi connectivity index (χ1n) is 18.4. The van der Waals surface area contributed by atoms with E-state index in [9.17, 15) is 19.5 Å². The molecule has 0 unspecified atom stereocenters. The number of ether oxygens (including phenoxy) is 2. The topological polar surface area (TPSA) is 182 Å². The van der Waals surface area contributed by atoms with Gasteiger partial charge in [-0.2, -0.15) is 15.0 Å². The number of pyridine rings is 2. The number of anilines is 2. The molecular formula is C38H44ClFN8O6S2. The van der Waals surface area contributed by atoms with Crippen LogP contribution in [0.5, 0.6) is 0 Å². The quantitative estimate of drug-likeness (QED) is 0.0638. The summed E-state index contributed by atoms with van der Waals surface area (Å²) < 4.78 is 27.3. The normalized spacial score (nSPS) is 18.5. The molecule has 298 valence electrons. The standard InChI is InChI=1S/C38H44ClFN8O6S2/c1-8-38(52)22-13-26-29-20(15-48(26)30(49)21(22)16-53-31(38)50)28-24(10-9-19-18(2)23(40)14-25(43-29)27(19)28)44-34-46-32(39)45-33(47-34)41-11-12-55-56-37(6,7)17-42-35(51)54-36(3,4)5/h13-14,24,52H,8-12,15-17H2,1-7H3,(H,42,51)(H2,41,44,45,46,47)/t24-,38-/m0/s1. The van der Waals surface area contributed by atoms with Crippen LogP contribution < -0.4 is 21.5 Å². The van der Waals surface area contributed by atoms with Crippen LogP contribution in [-0.2, 0) is 39.4 Å². The lowest BCUT2D eigenvalue weighted by Crippen LogP contribution is -2.44. The van der Waals surface area contributed by atoms with Crippen molar-refractivity contribution in [3.63, 3.8) is 0 Å². The van der Waals surface area contributed by atoms with Gasteiger partial charge in [0.25, 0.3) is 5.56 Å². The van der Waals surface area contributed by atoms with Gasteiger partial charge >= 0.3 is 12.1 Å². The number of nitrogens with zero attached hydrogens (tertiary/aromatic N) is 5. The predicted molar refractivity (Wildman–Crippen MR) is 216 cm³/mol. The molecule has 0 saturated carbocycles. The van der Waals surface area contributed by atoms with E-state index in [2.05, 4.69) is 30.9 Å². The maximum atomic E-state index is 15.4. The zero-order valence-electron chi connectivity index (χ0n) is 32.2. The monoisotopic (exact) mass is 826 g/mol. The molecular weight excluding hydrogens is 783 g/mol. The second-order valence-corrected chi connectivity index (χ2v) is 19.2. The number of carbonyl (C=O) groups is 2. The van der Waals surface area contributed by atoms with Crippen molar-refractivity contribution in [2.24, 2.45) is 0 Å². The number of aliphatic hydroxyl groups is 1. The molecule has 3 aliphatic rings. The molecule has 3 aromatic heterocycles. The maximum absolute atomic E-state index is 15.4. The first-order chi connectivity index (χ1) is 26.4. The Bertz CT molecular complexity index is 2340. The zero-order valence-corrected chi connectivity index (χ0v) is 34.6. The van der Waals surface area contributed by atoms with Gasteiger partial charge in [-0.15, -0.1) is 0 Å². The summed E-state index contributed by atoms with van der Waals surface area (Å²) in [5, 5.41) is 21.7. The van der Waals surface area contributed by atoms with Gasteiger partial charge in [0.2, 0.25) is 17.2 Å². The van der Waals surface area contributed by atoms with E-state index < -0.39 is 23.3 Å². The minimum atomic E-state index is -1.98. The highest BCUT2D eigenvalue weighted by Gasteiger charge is 2.46. The van der Waals surface area contributed by atoms with E-state index in [1.54, 1.807) is 46.1 Å². The van der Waals surface area contributed by atoms with Gasteiger partial charge < -0.3 is 35.1 Å². The van der Waals surface area contributed by atoms with Gasteiger partial charge in [-0.1, -0.05) is 28.5 Å². The SMILES string of the molecule is CC[C@@]1(O)C(=O)OCc2c1cc1n(c2=O)Cc2c-1nc1cc(F)c(C)c3c1c2[C@@H](Nc1nc(Cl)nc(NCCSSC(C)(C)CNC(=O)OC(C)(C)C)n1)CC3. The molecule has 0 saturated heterocycles. The van der Waals surface area contributed by atoms with Crippen LogP contribution >= 0.6 is 33.2 Å². The number of hydrogen-bond acceptors (Lipinski definition) is 14. The number of carbonyl (C=O) groups excluding carboxylic acids is 2. The third kappa shape index (κ3) is 7.62. The lowest BCUT2D eigenvalue weighted by molar-refractivity contribution is -0.172. The molecule has 0 bridgehead atoms. The zero-order chi connectivity index (χ0) is 40.3. The van der Waals surface area contributed by atoms with Crippen molar-refractivity contribution in [3.05, 3.63) is 67.0 Å². The number of nitrogens with one attached hydrogen (secondary N) is 3. The molecule has 1 aliphatic carbocycles. The largest absolute Gasteiger partial charge is 0.458 e. The molecule has 7 rings (SSSR count). The first-order valence-corrected chi connectivity index (χ1v) is 21.1. The summed E-state index contributed by atoms with van der Waals surface area (Å²) in [5.74, 6) is 0.0372. The van der Waals surface area contributed by atoms with E-state index in [0.717, 1.165) is 22.1 Å². The number of amides is 1. The van der Waals surface area contributed by atoms with Crippen molar-refractivity contribution < 1.29 is 28.6 Å². The first kappa shape index (κ1) is 40.0. The summed E-state index contributed by atoms with van der Waals surface area (Å²) in [5.41, 5.74) is 1.84. The summed E-state index contributed by atoms with van der Waals surface area (Å²) in [4.78, 5) is 57.0. The van der Waals surface area contributed by atoms with Crippen molar-refractivity contribution in [2.45, 2.75) is 103 Å². The van der Waals surface area contributed by atoms with Crippen LogP contribution in [0.4, 0.5) is 21.1 Å². The molecule has 5 heterocycles. The van der Waals surface area contributed by atoms with E-state index in [1.165, 1.54) is 6.07 Å². The van der Waals surface area contributed by atoms with E-state index in [1.807, 2.05) is 34.6 Å². The second kappa shape index (κ2) is 15.0. The smallest absolute Gasteiger partial charge is 0.407 e. The van der Waals surface area contributed by atoms with Gasteiger partial charge in [-0.05, 0) is 95.2 Å². The molecule has 2 aliphatic heterocycles. The Morgan fingerprint density at radius 1 is 1.12 bits per heavy atom. The molecule has 0 fully saturated rings. The van der Waals surface area contributed by atoms with E-state index >= 15 is 4.39 Å².